The summed E-state index contributed by atoms with van der Waals surface area (Å²) in [7, 11) is 0. The number of fused-ring (bicyclic) bond motifs is 1. The van der Waals surface area contributed by atoms with Gasteiger partial charge in [-0.05, 0) is 37.3 Å². The van der Waals surface area contributed by atoms with E-state index in [0.717, 1.165) is 36.2 Å². The average molecular weight is 299 g/mol. The number of hydrogen-bond donors (Lipinski definition) is 2. The van der Waals surface area contributed by atoms with Crippen LogP contribution in [0.25, 0.3) is 5.69 Å². The Kier molecular flexibility index (Phi) is 3.74. The lowest BCUT2D eigenvalue weighted by Gasteiger charge is -2.21. The zero-order valence-electron chi connectivity index (χ0n) is 12.9. The number of nitrogens with two attached hydrogens (primary N) is 1. The van der Waals surface area contributed by atoms with Crippen LogP contribution >= 0.6 is 0 Å². The Morgan fingerprint density at radius 3 is 2.82 bits per heavy atom. The van der Waals surface area contributed by atoms with Crippen molar-refractivity contribution in [1.82, 2.24) is 9.78 Å². The van der Waals surface area contributed by atoms with Crippen molar-refractivity contribution in [3.63, 3.8) is 0 Å². The molecule has 3 N–H and O–H groups in total. The maximum atomic E-state index is 11.5. The number of aromatic nitrogens is 2. The van der Waals surface area contributed by atoms with Gasteiger partial charge in [-0.15, -0.1) is 0 Å². The molecule has 0 bridgehead atoms. The third-order valence-corrected chi connectivity index (χ3v) is 4.26. The molecule has 1 aromatic carbocycles. The van der Waals surface area contributed by atoms with Crippen LogP contribution < -0.4 is 5.73 Å². The van der Waals surface area contributed by atoms with Crippen molar-refractivity contribution in [3.05, 3.63) is 46.8 Å². The van der Waals surface area contributed by atoms with Gasteiger partial charge in [-0.1, -0.05) is 26.0 Å². The molecule has 22 heavy (non-hydrogen) atoms. The smallest absolute Gasteiger partial charge is 0.337 e. The Hall–Kier alpha value is -2.14. The lowest BCUT2D eigenvalue weighted by molar-refractivity contribution is 0.0696. The molecule has 0 spiro atoms. The number of nitrogens with zero attached hydrogens (tertiary/aromatic N) is 2. The second-order valence-corrected chi connectivity index (χ2v) is 6.13. The average Bonchev–Trinajstić information content (AvgIpc) is 2.88. The number of aromatic carboxylic acids is 1. The largest absolute Gasteiger partial charge is 0.478 e. The van der Waals surface area contributed by atoms with Gasteiger partial charge in [0.1, 0.15) is 0 Å². The fourth-order valence-corrected chi connectivity index (χ4v) is 3.23. The number of rotatable bonds is 3. The highest BCUT2D eigenvalue weighted by Gasteiger charge is 2.29. The summed E-state index contributed by atoms with van der Waals surface area (Å²) >= 11 is 0. The van der Waals surface area contributed by atoms with E-state index in [1.54, 1.807) is 22.9 Å². The topological polar surface area (TPSA) is 81.1 Å². The van der Waals surface area contributed by atoms with Crippen LogP contribution in [-0.4, -0.2) is 20.9 Å². The lowest BCUT2D eigenvalue weighted by Crippen LogP contribution is -2.19. The van der Waals surface area contributed by atoms with Crippen LogP contribution in [0.4, 0.5) is 0 Å². The van der Waals surface area contributed by atoms with Gasteiger partial charge in [-0.2, -0.15) is 5.10 Å². The second-order valence-electron chi connectivity index (χ2n) is 6.13. The summed E-state index contributed by atoms with van der Waals surface area (Å²) < 4.78 is 1.80. The Balaban J connectivity index is 2.25. The van der Waals surface area contributed by atoms with Gasteiger partial charge in [0.15, 0.2) is 0 Å². The van der Waals surface area contributed by atoms with Gasteiger partial charge in [0.05, 0.1) is 16.9 Å². The molecule has 1 aliphatic carbocycles. The van der Waals surface area contributed by atoms with Crippen molar-refractivity contribution in [2.45, 2.75) is 45.1 Å². The first-order valence-corrected chi connectivity index (χ1v) is 7.70. The number of para-hydroxylation sites is 1. The molecule has 0 amide bonds. The van der Waals surface area contributed by atoms with Crippen LogP contribution in [0.15, 0.2) is 24.3 Å². The van der Waals surface area contributed by atoms with Crippen LogP contribution in [0.5, 0.6) is 0 Å². The molecule has 5 heteroatoms. The summed E-state index contributed by atoms with van der Waals surface area (Å²) in [4.78, 5) is 11.5. The van der Waals surface area contributed by atoms with Crippen molar-refractivity contribution in [3.8, 4) is 5.69 Å². The maximum absolute atomic E-state index is 11.5. The van der Waals surface area contributed by atoms with Gasteiger partial charge < -0.3 is 10.8 Å². The maximum Gasteiger partial charge on any atom is 0.337 e. The van der Waals surface area contributed by atoms with Gasteiger partial charge in [0.25, 0.3) is 0 Å². The molecule has 0 fully saturated rings. The minimum Gasteiger partial charge on any atom is -0.478 e. The van der Waals surface area contributed by atoms with E-state index >= 15 is 0 Å². The van der Waals surface area contributed by atoms with Crippen LogP contribution in [-0.2, 0) is 6.42 Å². The predicted octanol–water partition coefficient (Wildman–Crippen LogP) is 3.03. The van der Waals surface area contributed by atoms with Crippen LogP contribution in [0.1, 0.15) is 66.0 Å². The molecule has 116 valence electrons. The van der Waals surface area contributed by atoms with E-state index in [9.17, 15) is 9.90 Å². The van der Waals surface area contributed by atoms with E-state index in [0.29, 0.717) is 5.69 Å². The van der Waals surface area contributed by atoms with Crippen molar-refractivity contribution >= 4 is 5.97 Å². The van der Waals surface area contributed by atoms with E-state index in [1.165, 1.54) is 0 Å². The van der Waals surface area contributed by atoms with Crippen LogP contribution in [0, 0.1) is 0 Å². The van der Waals surface area contributed by atoms with Crippen LogP contribution in [0.2, 0.25) is 0 Å². The molecule has 3 rings (SSSR count). The molecule has 1 unspecified atom stereocenters. The SMILES string of the molecule is CC(C)c1nn(-c2ccccc2C(=O)O)c2c1C(N)CCC2. The minimum absolute atomic E-state index is 0.00751. The van der Waals surface area contributed by atoms with Gasteiger partial charge in [0.2, 0.25) is 0 Å². The quantitative estimate of drug-likeness (QED) is 0.912. The van der Waals surface area contributed by atoms with Gasteiger partial charge in [-0.3, -0.25) is 0 Å². The molecule has 0 radical (unpaired) electrons. The number of hydrogen-bond acceptors (Lipinski definition) is 3. The molecule has 0 saturated heterocycles. The Bertz CT molecular complexity index is 719. The highest BCUT2D eigenvalue weighted by atomic mass is 16.4. The first-order valence-electron chi connectivity index (χ1n) is 7.70. The van der Waals surface area contributed by atoms with Crippen molar-refractivity contribution < 1.29 is 9.90 Å². The van der Waals surface area contributed by atoms with E-state index in [1.807, 2.05) is 6.07 Å². The fraction of sp³-hybridized carbons (Fsp3) is 0.412. The van der Waals surface area contributed by atoms with Crippen molar-refractivity contribution in [1.29, 1.82) is 0 Å². The lowest BCUT2D eigenvalue weighted by atomic mass is 9.88. The van der Waals surface area contributed by atoms with Gasteiger partial charge in [0, 0.05) is 17.3 Å². The standard InChI is InChI=1S/C17H21N3O2/c1-10(2)16-15-12(18)7-5-9-14(15)20(19-16)13-8-4-3-6-11(13)17(21)22/h3-4,6,8,10,12H,5,7,9,18H2,1-2H3,(H,21,22). The van der Waals surface area contributed by atoms with Crippen molar-refractivity contribution in [2.24, 2.45) is 5.73 Å². The van der Waals surface area contributed by atoms with Crippen LogP contribution in [0.3, 0.4) is 0 Å². The summed E-state index contributed by atoms with van der Waals surface area (Å²) in [5.41, 5.74) is 10.4. The molecule has 2 aromatic rings. The third-order valence-electron chi connectivity index (χ3n) is 4.26. The Labute approximate surface area is 129 Å². The molecular weight excluding hydrogens is 278 g/mol. The third kappa shape index (κ3) is 2.31. The zero-order chi connectivity index (χ0) is 15.9. The van der Waals surface area contributed by atoms with E-state index < -0.39 is 5.97 Å². The minimum atomic E-state index is -0.939. The normalized spacial score (nSPS) is 17.5. The monoisotopic (exact) mass is 299 g/mol. The number of carboxylic acids is 1. The summed E-state index contributed by atoms with van der Waals surface area (Å²) in [5.74, 6) is -0.679. The predicted molar refractivity (Wildman–Crippen MR) is 84.5 cm³/mol. The van der Waals surface area contributed by atoms with E-state index in [2.05, 4.69) is 13.8 Å². The molecule has 1 aromatic heterocycles. The highest BCUT2D eigenvalue weighted by molar-refractivity contribution is 5.91. The van der Waals surface area contributed by atoms with Gasteiger partial charge in [-0.25, -0.2) is 9.48 Å². The molecular formula is C17H21N3O2. The number of carboxylic acid groups (broad SMARTS) is 1. The fourth-order valence-electron chi connectivity index (χ4n) is 3.23. The molecule has 1 aliphatic rings. The van der Waals surface area contributed by atoms with E-state index in [-0.39, 0.29) is 17.5 Å². The molecule has 1 atom stereocenters. The Morgan fingerprint density at radius 2 is 2.14 bits per heavy atom. The molecule has 0 saturated carbocycles. The first-order chi connectivity index (χ1) is 10.5. The molecule has 5 nitrogen and oxygen atoms in total. The molecule has 1 heterocycles. The number of carbonyl (C=O) groups is 1. The summed E-state index contributed by atoms with van der Waals surface area (Å²) in [6.07, 6.45) is 2.85. The Morgan fingerprint density at radius 1 is 1.41 bits per heavy atom. The highest BCUT2D eigenvalue weighted by Crippen LogP contribution is 2.35. The zero-order valence-corrected chi connectivity index (χ0v) is 12.9. The second kappa shape index (κ2) is 5.57. The summed E-state index contributed by atoms with van der Waals surface area (Å²) in [6, 6.07) is 6.99. The molecule has 0 aliphatic heterocycles. The first kappa shape index (κ1) is 14.8. The number of benzene rings is 1. The van der Waals surface area contributed by atoms with Crippen molar-refractivity contribution in [2.75, 3.05) is 0 Å². The van der Waals surface area contributed by atoms with E-state index in [4.69, 9.17) is 10.8 Å². The van der Waals surface area contributed by atoms with Gasteiger partial charge >= 0.3 is 5.97 Å². The summed E-state index contributed by atoms with van der Waals surface area (Å²) in [6.45, 7) is 4.19. The summed E-state index contributed by atoms with van der Waals surface area (Å²) in [5, 5.41) is 14.2.